The molecule has 1 aromatic heterocycles. The van der Waals surface area contributed by atoms with Crippen molar-refractivity contribution in [2.45, 2.75) is 25.3 Å². The van der Waals surface area contributed by atoms with E-state index in [0.717, 1.165) is 5.52 Å². The molecular weight excluding hydrogens is 338 g/mol. The third-order valence-electron chi connectivity index (χ3n) is 3.75. The average Bonchev–Trinajstić information content (AvgIpc) is 2.86. The van der Waals surface area contributed by atoms with Gasteiger partial charge in [-0.25, -0.2) is 0 Å². The predicted octanol–water partition coefficient (Wildman–Crippen LogP) is 4.48. The molecule has 0 atom stereocenters. The van der Waals surface area contributed by atoms with Crippen LogP contribution in [0.15, 0.2) is 69.1 Å². The van der Waals surface area contributed by atoms with E-state index in [9.17, 15) is 13.5 Å². The number of nitrogens with zero attached hydrogens (tertiary/aromatic N) is 3. The summed E-state index contributed by atoms with van der Waals surface area (Å²) in [5.41, 5.74) is 0.954. The number of para-hydroxylation sites is 1. The number of fused-ring (bicyclic) bond motifs is 1. The Morgan fingerprint density at radius 2 is 1.68 bits per heavy atom. The molecule has 3 rings (SSSR count). The van der Waals surface area contributed by atoms with Gasteiger partial charge in [-0.15, -0.1) is 5.11 Å². The second-order valence-electron chi connectivity index (χ2n) is 6.16. The number of aromatic hydroxyl groups is 1. The second-order valence-corrected chi connectivity index (χ2v) is 7.75. The molecule has 0 fully saturated rings. The van der Waals surface area contributed by atoms with Crippen molar-refractivity contribution in [3.8, 4) is 5.88 Å². The first-order valence-corrected chi connectivity index (χ1v) is 9.37. The largest absolute Gasteiger partial charge is 0.493 e. The van der Waals surface area contributed by atoms with Gasteiger partial charge in [0, 0.05) is 11.9 Å². The van der Waals surface area contributed by atoms with E-state index < -0.39 is 10.0 Å². The third-order valence-corrected chi connectivity index (χ3v) is 4.92. The molecule has 0 aliphatic heterocycles. The van der Waals surface area contributed by atoms with Gasteiger partial charge in [0.2, 0.25) is 5.88 Å². The third kappa shape index (κ3) is 3.41. The molecule has 130 valence electrons. The van der Waals surface area contributed by atoms with E-state index in [1.54, 1.807) is 28.8 Å². The molecule has 25 heavy (non-hydrogen) atoms. The standard InChI is InChI=1S/C18H19N3O3S/c1-13(2)12-21-16-11-7-6-10-15(16)17(18(21)22)19-20-25(23,24)14-8-4-3-5-9-14/h3-11,13,22H,12H2,1-2H3. The van der Waals surface area contributed by atoms with Crippen LogP contribution >= 0.6 is 0 Å². The molecule has 0 radical (unpaired) electrons. The molecule has 7 heteroatoms. The lowest BCUT2D eigenvalue weighted by molar-refractivity contribution is 0.401. The zero-order chi connectivity index (χ0) is 18.0. The molecule has 0 aliphatic carbocycles. The Hall–Kier alpha value is -2.67. The maximum Gasteiger partial charge on any atom is 0.299 e. The van der Waals surface area contributed by atoms with Crippen molar-refractivity contribution in [1.82, 2.24) is 4.57 Å². The van der Waals surface area contributed by atoms with E-state index in [4.69, 9.17) is 0 Å². The van der Waals surface area contributed by atoms with Crippen LogP contribution in [-0.2, 0) is 16.6 Å². The van der Waals surface area contributed by atoms with Crippen molar-refractivity contribution < 1.29 is 13.5 Å². The highest BCUT2D eigenvalue weighted by Gasteiger charge is 2.18. The van der Waals surface area contributed by atoms with Crippen molar-refractivity contribution in [1.29, 1.82) is 0 Å². The summed E-state index contributed by atoms with van der Waals surface area (Å²) in [6, 6.07) is 15.2. The quantitative estimate of drug-likeness (QED) is 0.684. The lowest BCUT2D eigenvalue weighted by atomic mass is 10.2. The summed E-state index contributed by atoms with van der Waals surface area (Å²) in [7, 11) is -3.92. The highest BCUT2D eigenvalue weighted by Crippen LogP contribution is 2.39. The maximum atomic E-state index is 12.3. The number of rotatable bonds is 5. The monoisotopic (exact) mass is 357 g/mol. The van der Waals surface area contributed by atoms with Crippen molar-refractivity contribution >= 4 is 26.6 Å². The molecule has 3 aromatic rings. The summed E-state index contributed by atoms with van der Waals surface area (Å²) in [6.07, 6.45) is 0. The van der Waals surface area contributed by atoms with Gasteiger partial charge in [0.15, 0.2) is 5.69 Å². The zero-order valence-electron chi connectivity index (χ0n) is 14.0. The fourth-order valence-electron chi connectivity index (χ4n) is 2.65. The molecule has 0 bridgehead atoms. The first-order valence-electron chi connectivity index (χ1n) is 7.93. The number of benzene rings is 2. The van der Waals surface area contributed by atoms with Crippen LogP contribution in [0.4, 0.5) is 5.69 Å². The minimum Gasteiger partial charge on any atom is -0.493 e. The van der Waals surface area contributed by atoms with Crippen LogP contribution in [0, 0.1) is 5.92 Å². The Balaban J connectivity index is 2.09. The normalized spacial score (nSPS) is 12.4. The summed E-state index contributed by atoms with van der Waals surface area (Å²) >= 11 is 0. The van der Waals surface area contributed by atoms with Crippen LogP contribution in [0.2, 0.25) is 0 Å². The molecule has 6 nitrogen and oxygen atoms in total. The van der Waals surface area contributed by atoms with Crippen LogP contribution < -0.4 is 0 Å². The Morgan fingerprint density at radius 1 is 1.04 bits per heavy atom. The van der Waals surface area contributed by atoms with Gasteiger partial charge in [0.25, 0.3) is 10.0 Å². The zero-order valence-corrected chi connectivity index (χ0v) is 14.8. The van der Waals surface area contributed by atoms with Gasteiger partial charge < -0.3 is 9.67 Å². The molecule has 2 aromatic carbocycles. The van der Waals surface area contributed by atoms with Crippen LogP contribution in [0.3, 0.4) is 0 Å². The fraction of sp³-hybridized carbons (Fsp3) is 0.222. The Bertz CT molecular complexity index is 1020. The lowest BCUT2D eigenvalue weighted by Crippen LogP contribution is -2.03. The Labute approximate surface area is 146 Å². The number of aromatic nitrogens is 1. The predicted molar refractivity (Wildman–Crippen MR) is 96.6 cm³/mol. The number of hydrogen-bond acceptors (Lipinski definition) is 4. The Kier molecular flexibility index (Phi) is 4.59. The van der Waals surface area contributed by atoms with Crippen molar-refractivity contribution in [3.63, 3.8) is 0 Å². The van der Waals surface area contributed by atoms with E-state index >= 15 is 0 Å². The second kappa shape index (κ2) is 6.68. The molecule has 0 spiro atoms. The molecule has 0 saturated heterocycles. The first-order chi connectivity index (χ1) is 11.9. The first kappa shape index (κ1) is 17.2. The maximum absolute atomic E-state index is 12.3. The summed E-state index contributed by atoms with van der Waals surface area (Å²) < 4.78 is 29.8. The van der Waals surface area contributed by atoms with Crippen LogP contribution in [0.25, 0.3) is 10.9 Å². The minimum absolute atomic E-state index is 0.0594. The molecule has 1 N–H and O–H groups in total. The smallest absolute Gasteiger partial charge is 0.299 e. The average molecular weight is 357 g/mol. The lowest BCUT2D eigenvalue weighted by Gasteiger charge is -2.09. The summed E-state index contributed by atoms with van der Waals surface area (Å²) in [5.74, 6) is 0.224. The fourth-order valence-corrected chi connectivity index (χ4v) is 3.44. The molecule has 0 saturated carbocycles. The SMILES string of the molecule is CC(C)Cn1c(O)c(N=NS(=O)(=O)c2ccccc2)c2ccccc21. The van der Waals surface area contributed by atoms with Crippen molar-refractivity contribution in [2.24, 2.45) is 15.6 Å². The van der Waals surface area contributed by atoms with Gasteiger partial charge in [-0.05, 0) is 24.1 Å². The van der Waals surface area contributed by atoms with Crippen molar-refractivity contribution in [3.05, 3.63) is 54.6 Å². The van der Waals surface area contributed by atoms with Crippen LogP contribution in [0.5, 0.6) is 5.88 Å². The van der Waals surface area contributed by atoms with E-state index in [-0.39, 0.29) is 16.5 Å². The molecular formula is C18H19N3O3S. The van der Waals surface area contributed by atoms with Gasteiger partial charge in [0.05, 0.1) is 10.4 Å². The number of hydrogen-bond donors (Lipinski definition) is 1. The van der Waals surface area contributed by atoms with E-state index in [1.165, 1.54) is 12.1 Å². The molecule has 0 amide bonds. The highest BCUT2D eigenvalue weighted by molar-refractivity contribution is 7.90. The molecule has 0 unspecified atom stereocenters. The topological polar surface area (TPSA) is 84.0 Å². The number of sulfonamides is 1. The molecule has 0 aliphatic rings. The minimum atomic E-state index is -3.92. The Morgan fingerprint density at radius 3 is 2.36 bits per heavy atom. The summed E-state index contributed by atoms with van der Waals surface area (Å²) in [4.78, 5) is 0.0594. The highest BCUT2D eigenvalue weighted by atomic mass is 32.2. The van der Waals surface area contributed by atoms with Gasteiger partial charge in [-0.1, -0.05) is 54.8 Å². The van der Waals surface area contributed by atoms with E-state index in [1.807, 2.05) is 32.0 Å². The summed E-state index contributed by atoms with van der Waals surface area (Å²) in [5, 5.41) is 15.1. The van der Waals surface area contributed by atoms with Crippen LogP contribution in [0.1, 0.15) is 13.8 Å². The van der Waals surface area contributed by atoms with Crippen LogP contribution in [-0.4, -0.2) is 18.1 Å². The van der Waals surface area contributed by atoms with E-state index in [2.05, 4.69) is 9.63 Å². The van der Waals surface area contributed by atoms with Crippen molar-refractivity contribution in [2.75, 3.05) is 0 Å². The van der Waals surface area contributed by atoms with Gasteiger partial charge in [0.1, 0.15) is 0 Å². The van der Waals surface area contributed by atoms with E-state index in [0.29, 0.717) is 17.8 Å². The molecule has 1 heterocycles. The van der Waals surface area contributed by atoms with Gasteiger partial charge in [-0.3, -0.25) is 0 Å². The van der Waals surface area contributed by atoms with Gasteiger partial charge >= 0.3 is 0 Å². The van der Waals surface area contributed by atoms with Gasteiger partial charge in [-0.2, -0.15) is 8.42 Å². The summed E-state index contributed by atoms with van der Waals surface area (Å²) in [6.45, 7) is 4.66.